The van der Waals surface area contributed by atoms with Gasteiger partial charge in [0, 0.05) is 18.8 Å². The van der Waals surface area contributed by atoms with E-state index in [2.05, 4.69) is 20.8 Å². The third-order valence-corrected chi connectivity index (χ3v) is 4.26. The first kappa shape index (κ1) is 21.5. The SMILES string of the molecule is COc1ccc(-n2cnnc2SCC(=O)NCCNC(=O)OC(C)(C)C)cc1. The number of benzene rings is 1. The zero-order valence-electron chi connectivity index (χ0n) is 16.4. The normalized spacial score (nSPS) is 11.0. The molecule has 0 atom stereocenters. The Labute approximate surface area is 168 Å². The van der Waals surface area contributed by atoms with Crippen LogP contribution in [0.15, 0.2) is 35.7 Å². The van der Waals surface area contributed by atoms with E-state index in [-0.39, 0.29) is 18.2 Å². The van der Waals surface area contributed by atoms with E-state index >= 15 is 0 Å². The first-order chi connectivity index (χ1) is 13.3. The van der Waals surface area contributed by atoms with Crippen LogP contribution in [0.2, 0.25) is 0 Å². The van der Waals surface area contributed by atoms with Crippen LogP contribution >= 0.6 is 11.8 Å². The highest BCUT2D eigenvalue weighted by molar-refractivity contribution is 7.99. The molecule has 9 nitrogen and oxygen atoms in total. The van der Waals surface area contributed by atoms with Crippen molar-refractivity contribution >= 4 is 23.8 Å². The number of hydrogen-bond donors (Lipinski definition) is 2. The molecule has 1 aromatic heterocycles. The largest absolute Gasteiger partial charge is 0.497 e. The number of nitrogens with one attached hydrogen (secondary N) is 2. The van der Waals surface area contributed by atoms with E-state index in [0.717, 1.165) is 11.4 Å². The molecule has 2 N–H and O–H groups in total. The lowest BCUT2D eigenvalue weighted by Crippen LogP contribution is -2.38. The van der Waals surface area contributed by atoms with Gasteiger partial charge in [-0.15, -0.1) is 10.2 Å². The van der Waals surface area contributed by atoms with Crippen LogP contribution in [0.1, 0.15) is 20.8 Å². The van der Waals surface area contributed by atoms with Crippen LogP contribution in [0.25, 0.3) is 5.69 Å². The van der Waals surface area contributed by atoms with Crippen molar-refractivity contribution in [2.45, 2.75) is 31.5 Å². The molecule has 2 aromatic rings. The lowest BCUT2D eigenvalue weighted by Gasteiger charge is -2.19. The van der Waals surface area contributed by atoms with Crippen molar-refractivity contribution in [2.75, 3.05) is 26.0 Å². The van der Waals surface area contributed by atoms with Gasteiger partial charge in [0.05, 0.1) is 12.9 Å². The van der Waals surface area contributed by atoms with Crippen LogP contribution < -0.4 is 15.4 Å². The van der Waals surface area contributed by atoms with Gasteiger partial charge in [-0.1, -0.05) is 11.8 Å². The maximum Gasteiger partial charge on any atom is 0.407 e. The summed E-state index contributed by atoms with van der Waals surface area (Å²) in [5, 5.41) is 13.9. The molecule has 152 valence electrons. The fourth-order valence-electron chi connectivity index (χ4n) is 2.10. The number of alkyl carbamates (subject to hydrolysis) is 1. The molecule has 0 aliphatic carbocycles. The third kappa shape index (κ3) is 7.10. The Hall–Kier alpha value is -2.75. The first-order valence-electron chi connectivity index (χ1n) is 8.69. The van der Waals surface area contributed by atoms with Crippen LogP contribution in [0, 0.1) is 0 Å². The summed E-state index contributed by atoms with van der Waals surface area (Å²) in [6.07, 6.45) is 1.08. The van der Waals surface area contributed by atoms with E-state index in [4.69, 9.17) is 9.47 Å². The van der Waals surface area contributed by atoms with Gasteiger partial charge in [0.1, 0.15) is 17.7 Å². The molecule has 0 bridgehead atoms. The second kappa shape index (κ2) is 9.98. The fraction of sp³-hybridized carbons (Fsp3) is 0.444. The molecule has 1 heterocycles. The average Bonchev–Trinajstić information content (AvgIpc) is 3.11. The standard InChI is InChI=1S/C18H25N5O4S/c1-18(2,3)27-17(25)20-10-9-19-15(24)11-28-16-22-21-12-23(16)13-5-7-14(26-4)8-6-13/h5-8,12H,9-11H2,1-4H3,(H,19,24)(H,20,25). The van der Waals surface area contributed by atoms with Crippen LogP contribution in [0.3, 0.4) is 0 Å². The maximum absolute atomic E-state index is 12.0. The Morgan fingerprint density at radius 1 is 1.14 bits per heavy atom. The Bertz CT molecular complexity index is 786. The summed E-state index contributed by atoms with van der Waals surface area (Å²) in [5.41, 5.74) is 0.319. The molecule has 0 aliphatic heterocycles. The number of nitrogens with zero attached hydrogens (tertiary/aromatic N) is 3. The minimum atomic E-state index is -0.552. The van der Waals surface area contributed by atoms with Crippen molar-refractivity contribution in [1.82, 2.24) is 25.4 Å². The van der Waals surface area contributed by atoms with Crippen LogP contribution in [0.4, 0.5) is 4.79 Å². The monoisotopic (exact) mass is 407 g/mol. The van der Waals surface area contributed by atoms with Gasteiger partial charge < -0.3 is 20.1 Å². The highest BCUT2D eigenvalue weighted by Crippen LogP contribution is 2.21. The van der Waals surface area contributed by atoms with Crippen molar-refractivity contribution in [3.05, 3.63) is 30.6 Å². The Morgan fingerprint density at radius 2 is 1.82 bits per heavy atom. The van der Waals surface area contributed by atoms with Gasteiger partial charge in [-0.3, -0.25) is 9.36 Å². The zero-order valence-corrected chi connectivity index (χ0v) is 17.2. The number of carbonyl (C=O) groups is 2. The summed E-state index contributed by atoms with van der Waals surface area (Å²) in [6.45, 7) is 5.96. The maximum atomic E-state index is 12.0. The highest BCUT2D eigenvalue weighted by Gasteiger charge is 2.15. The minimum Gasteiger partial charge on any atom is -0.497 e. The van der Waals surface area contributed by atoms with E-state index in [1.54, 1.807) is 38.8 Å². The van der Waals surface area contributed by atoms with Crippen molar-refractivity contribution in [2.24, 2.45) is 0 Å². The van der Waals surface area contributed by atoms with E-state index < -0.39 is 11.7 Å². The summed E-state index contributed by atoms with van der Waals surface area (Å²) in [5.74, 6) is 0.770. The Balaban J connectivity index is 1.75. The number of hydrogen-bond acceptors (Lipinski definition) is 7. The molecule has 28 heavy (non-hydrogen) atoms. The molecule has 0 unspecified atom stereocenters. The molecule has 0 fully saturated rings. The third-order valence-electron chi connectivity index (χ3n) is 3.31. The van der Waals surface area contributed by atoms with Gasteiger partial charge in [-0.2, -0.15) is 0 Å². The van der Waals surface area contributed by atoms with Gasteiger partial charge >= 0.3 is 6.09 Å². The second-order valence-corrected chi connectivity index (χ2v) is 7.69. The van der Waals surface area contributed by atoms with Gasteiger partial charge in [0.15, 0.2) is 5.16 Å². The number of methoxy groups -OCH3 is 1. The van der Waals surface area contributed by atoms with E-state index in [0.29, 0.717) is 11.7 Å². The molecular formula is C18H25N5O4S. The van der Waals surface area contributed by atoms with Gasteiger partial charge in [-0.25, -0.2) is 4.79 Å². The number of thioether (sulfide) groups is 1. The molecule has 1 aromatic carbocycles. The smallest absolute Gasteiger partial charge is 0.407 e. The molecule has 0 radical (unpaired) electrons. The fourth-order valence-corrected chi connectivity index (χ4v) is 2.86. The number of carbonyl (C=O) groups excluding carboxylic acids is 2. The van der Waals surface area contributed by atoms with Crippen LogP contribution in [-0.4, -0.2) is 58.3 Å². The van der Waals surface area contributed by atoms with E-state index in [1.807, 2.05) is 24.3 Å². The van der Waals surface area contributed by atoms with E-state index in [9.17, 15) is 9.59 Å². The Kier molecular flexibility index (Phi) is 7.68. The summed E-state index contributed by atoms with van der Waals surface area (Å²) in [7, 11) is 1.61. The quantitative estimate of drug-likeness (QED) is 0.509. The summed E-state index contributed by atoms with van der Waals surface area (Å²) in [4.78, 5) is 23.5. The summed E-state index contributed by atoms with van der Waals surface area (Å²) < 4.78 is 12.1. The van der Waals surface area contributed by atoms with Gasteiger partial charge in [0.2, 0.25) is 5.91 Å². The summed E-state index contributed by atoms with van der Waals surface area (Å²) >= 11 is 1.27. The topological polar surface area (TPSA) is 107 Å². The second-order valence-electron chi connectivity index (χ2n) is 6.75. The van der Waals surface area contributed by atoms with Crippen molar-refractivity contribution in [1.29, 1.82) is 0 Å². The van der Waals surface area contributed by atoms with Crippen molar-refractivity contribution in [3.63, 3.8) is 0 Å². The molecule has 2 rings (SSSR count). The number of aromatic nitrogens is 3. The zero-order chi connectivity index (χ0) is 20.6. The molecule has 10 heteroatoms. The lowest BCUT2D eigenvalue weighted by molar-refractivity contribution is -0.118. The van der Waals surface area contributed by atoms with Gasteiger partial charge in [0.25, 0.3) is 0 Å². The molecule has 2 amide bonds. The predicted octanol–water partition coefficient (Wildman–Crippen LogP) is 2.01. The van der Waals surface area contributed by atoms with Crippen molar-refractivity contribution < 1.29 is 19.1 Å². The molecule has 0 spiro atoms. The molecule has 0 saturated heterocycles. The predicted molar refractivity (Wildman–Crippen MR) is 106 cm³/mol. The minimum absolute atomic E-state index is 0.166. The average molecular weight is 407 g/mol. The Morgan fingerprint density at radius 3 is 2.46 bits per heavy atom. The molecule has 0 saturated carbocycles. The van der Waals surface area contributed by atoms with E-state index in [1.165, 1.54) is 11.8 Å². The van der Waals surface area contributed by atoms with Gasteiger partial charge in [-0.05, 0) is 45.0 Å². The van der Waals surface area contributed by atoms with Crippen LogP contribution in [0.5, 0.6) is 5.75 Å². The molecular weight excluding hydrogens is 382 g/mol. The number of rotatable bonds is 8. The lowest BCUT2D eigenvalue weighted by atomic mass is 10.2. The van der Waals surface area contributed by atoms with Crippen LogP contribution in [-0.2, 0) is 9.53 Å². The molecule has 0 aliphatic rings. The summed E-state index contributed by atoms with van der Waals surface area (Å²) in [6, 6.07) is 7.45. The first-order valence-corrected chi connectivity index (χ1v) is 9.68. The number of ether oxygens (including phenoxy) is 2. The van der Waals surface area contributed by atoms with Crippen molar-refractivity contribution in [3.8, 4) is 11.4 Å². The highest BCUT2D eigenvalue weighted by atomic mass is 32.2. The number of amides is 2.